The van der Waals surface area contributed by atoms with E-state index >= 15 is 0 Å². The van der Waals surface area contributed by atoms with Crippen molar-refractivity contribution in [3.05, 3.63) is 0 Å². The minimum Gasteiger partial charge on any atom is -0.393 e. The van der Waals surface area contributed by atoms with E-state index in [1.165, 1.54) is 38.3 Å². The van der Waals surface area contributed by atoms with Crippen LogP contribution in [0.1, 0.15) is 59.3 Å². The monoisotopic (exact) mass is 280 g/mol. The highest BCUT2D eigenvalue weighted by molar-refractivity contribution is 5.59. The molecule has 4 atom stereocenters. The van der Waals surface area contributed by atoms with Crippen LogP contribution in [0.4, 0.5) is 0 Å². The number of aliphatic hydroxyl groups is 1. The van der Waals surface area contributed by atoms with E-state index in [4.69, 9.17) is 5.41 Å². The van der Waals surface area contributed by atoms with Crippen LogP contribution in [0.25, 0.3) is 0 Å². The molecule has 0 bridgehead atoms. The van der Waals surface area contributed by atoms with Gasteiger partial charge in [0.2, 0.25) is 0 Å². The highest BCUT2D eigenvalue weighted by Gasteiger charge is 2.36. The summed E-state index contributed by atoms with van der Waals surface area (Å²) in [6, 6.07) is 0.926. The highest BCUT2D eigenvalue weighted by Crippen LogP contribution is 2.37. The second-order valence-electron chi connectivity index (χ2n) is 7.36. The first-order valence-corrected chi connectivity index (χ1v) is 8.47. The quantitative estimate of drug-likeness (QED) is 0.677. The van der Waals surface area contributed by atoms with E-state index < -0.39 is 6.10 Å². The van der Waals surface area contributed by atoms with Crippen molar-refractivity contribution in [3.63, 3.8) is 0 Å². The third kappa shape index (κ3) is 3.62. The lowest BCUT2D eigenvalue weighted by Crippen LogP contribution is -2.43. The molecule has 20 heavy (non-hydrogen) atoms. The van der Waals surface area contributed by atoms with Gasteiger partial charge in [-0.05, 0) is 63.2 Å². The van der Waals surface area contributed by atoms with E-state index in [0.717, 1.165) is 24.2 Å². The van der Waals surface area contributed by atoms with Gasteiger partial charge in [0.1, 0.15) is 0 Å². The van der Waals surface area contributed by atoms with Crippen molar-refractivity contribution >= 4 is 6.21 Å². The molecule has 1 heterocycles. The number of rotatable bonds is 5. The zero-order valence-corrected chi connectivity index (χ0v) is 13.3. The summed E-state index contributed by atoms with van der Waals surface area (Å²) < 4.78 is 0. The van der Waals surface area contributed by atoms with Crippen LogP contribution >= 0.6 is 0 Å². The third-order valence-corrected chi connectivity index (χ3v) is 5.76. The first-order valence-electron chi connectivity index (χ1n) is 8.47. The molecule has 3 N–H and O–H groups in total. The fourth-order valence-corrected chi connectivity index (χ4v) is 4.28. The van der Waals surface area contributed by atoms with Crippen LogP contribution in [0.2, 0.25) is 0 Å². The highest BCUT2D eigenvalue weighted by atomic mass is 16.3. The third-order valence-electron chi connectivity index (χ3n) is 5.76. The van der Waals surface area contributed by atoms with Crippen molar-refractivity contribution in [2.45, 2.75) is 77.5 Å². The van der Waals surface area contributed by atoms with Crippen molar-refractivity contribution in [2.75, 3.05) is 0 Å². The minimum absolute atomic E-state index is 0.0213. The average molecular weight is 280 g/mol. The molecule has 0 amide bonds. The van der Waals surface area contributed by atoms with E-state index in [2.05, 4.69) is 19.2 Å². The van der Waals surface area contributed by atoms with Gasteiger partial charge < -0.3 is 15.8 Å². The summed E-state index contributed by atoms with van der Waals surface area (Å²) in [5.41, 5.74) is 0. The Labute approximate surface area is 124 Å². The molecule has 0 spiro atoms. The molecule has 2 aliphatic rings. The SMILES string of the molecule is CC(C)C1CCC(C2CCC([C@H](C=N)C(C)O)N2)CC1. The van der Waals surface area contributed by atoms with Crippen molar-refractivity contribution in [1.82, 2.24) is 5.32 Å². The number of nitrogens with one attached hydrogen (secondary N) is 2. The fourth-order valence-electron chi connectivity index (χ4n) is 4.28. The summed E-state index contributed by atoms with van der Waals surface area (Å²) in [6.45, 7) is 6.51. The van der Waals surface area contributed by atoms with Crippen molar-refractivity contribution in [2.24, 2.45) is 23.7 Å². The zero-order valence-electron chi connectivity index (χ0n) is 13.3. The van der Waals surface area contributed by atoms with Gasteiger partial charge in [-0.1, -0.05) is 13.8 Å². The Hall–Kier alpha value is -0.410. The summed E-state index contributed by atoms with van der Waals surface area (Å²) in [5.74, 6) is 2.55. The molecule has 0 aromatic heterocycles. The summed E-state index contributed by atoms with van der Waals surface area (Å²) in [4.78, 5) is 0. The van der Waals surface area contributed by atoms with E-state index in [-0.39, 0.29) is 5.92 Å². The second kappa shape index (κ2) is 7.04. The van der Waals surface area contributed by atoms with Gasteiger partial charge >= 0.3 is 0 Å². The molecule has 2 fully saturated rings. The predicted octanol–water partition coefficient (Wildman–Crippen LogP) is 3.22. The van der Waals surface area contributed by atoms with Crippen molar-refractivity contribution in [3.8, 4) is 0 Å². The Morgan fingerprint density at radius 2 is 1.70 bits per heavy atom. The molecule has 1 saturated carbocycles. The molecular formula is C17H32N2O. The Morgan fingerprint density at radius 1 is 1.05 bits per heavy atom. The lowest BCUT2D eigenvalue weighted by atomic mass is 9.74. The largest absolute Gasteiger partial charge is 0.393 e. The van der Waals surface area contributed by atoms with E-state index in [1.54, 1.807) is 6.92 Å². The Morgan fingerprint density at radius 3 is 2.20 bits per heavy atom. The van der Waals surface area contributed by atoms with Gasteiger partial charge in [-0.2, -0.15) is 0 Å². The maximum absolute atomic E-state index is 9.77. The Kier molecular flexibility index (Phi) is 5.62. The van der Waals surface area contributed by atoms with Crippen LogP contribution in [0, 0.1) is 29.1 Å². The van der Waals surface area contributed by atoms with E-state index in [0.29, 0.717) is 12.1 Å². The molecule has 3 heteroatoms. The van der Waals surface area contributed by atoms with Crippen LogP contribution in [0.3, 0.4) is 0 Å². The van der Waals surface area contributed by atoms with Gasteiger partial charge in [0, 0.05) is 24.2 Å². The lowest BCUT2D eigenvalue weighted by molar-refractivity contribution is 0.137. The Balaban J connectivity index is 1.83. The maximum atomic E-state index is 9.77. The fraction of sp³-hybridized carbons (Fsp3) is 0.941. The lowest BCUT2D eigenvalue weighted by Gasteiger charge is -2.34. The van der Waals surface area contributed by atoms with E-state index in [9.17, 15) is 5.11 Å². The molecule has 1 aliphatic heterocycles. The molecule has 0 radical (unpaired) electrons. The van der Waals surface area contributed by atoms with Gasteiger partial charge in [0.25, 0.3) is 0 Å². The van der Waals surface area contributed by atoms with Gasteiger partial charge in [-0.25, -0.2) is 0 Å². The van der Waals surface area contributed by atoms with Gasteiger partial charge in [-0.15, -0.1) is 0 Å². The van der Waals surface area contributed by atoms with Gasteiger partial charge in [-0.3, -0.25) is 0 Å². The van der Waals surface area contributed by atoms with Gasteiger partial charge in [0.15, 0.2) is 0 Å². The number of hydrogen-bond acceptors (Lipinski definition) is 3. The van der Waals surface area contributed by atoms with Crippen molar-refractivity contribution in [1.29, 1.82) is 5.41 Å². The molecule has 3 nitrogen and oxygen atoms in total. The normalized spacial score (nSPS) is 37.9. The van der Waals surface area contributed by atoms with Crippen LogP contribution in [0.5, 0.6) is 0 Å². The summed E-state index contributed by atoms with van der Waals surface area (Å²) in [5, 5.41) is 21.0. The molecule has 116 valence electrons. The second-order valence-corrected chi connectivity index (χ2v) is 7.36. The van der Waals surface area contributed by atoms with Gasteiger partial charge in [0.05, 0.1) is 6.10 Å². The average Bonchev–Trinajstić information content (AvgIpc) is 2.88. The standard InChI is InChI=1S/C17H32N2O/c1-11(2)13-4-6-14(7-5-13)16-8-9-17(19-16)15(10-18)12(3)20/h10-20H,4-9H2,1-3H3/t12?,13?,14?,15-,16?,17?/m1/s1. The molecule has 0 aromatic rings. The molecular weight excluding hydrogens is 248 g/mol. The molecule has 1 saturated heterocycles. The summed E-state index contributed by atoms with van der Waals surface area (Å²) in [6.07, 6.45) is 8.83. The zero-order chi connectivity index (χ0) is 14.7. The maximum Gasteiger partial charge on any atom is 0.0604 e. The molecule has 1 aliphatic carbocycles. The smallest absolute Gasteiger partial charge is 0.0604 e. The predicted molar refractivity (Wildman–Crippen MR) is 84.2 cm³/mol. The molecule has 0 aromatic carbocycles. The van der Waals surface area contributed by atoms with Crippen LogP contribution in [-0.2, 0) is 0 Å². The summed E-state index contributed by atoms with van der Waals surface area (Å²) >= 11 is 0. The molecule has 3 unspecified atom stereocenters. The number of hydrogen-bond donors (Lipinski definition) is 3. The summed E-state index contributed by atoms with van der Waals surface area (Å²) in [7, 11) is 0. The van der Waals surface area contributed by atoms with Crippen LogP contribution in [0.15, 0.2) is 0 Å². The number of aliphatic hydroxyl groups excluding tert-OH is 1. The topological polar surface area (TPSA) is 56.1 Å². The molecule has 2 rings (SSSR count). The van der Waals surface area contributed by atoms with Crippen molar-refractivity contribution < 1.29 is 5.11 Å². The Bertz CT molecular complexity index is 308. The van der Waals surface area contributed by atoms with E-state index in [1.807, 2.05) is 0 Å². The first kappa shape index (κ1) is 16.0. The van der Waals surface area contributed by atoms with Crippen LogP contribution < -0.4 is 5.32 Å². The van der Waals surface area contributed by atoms with Crippen LogP contribution in [-0.4, -0.2) is 29.5 Å². The first-order chi connectivity index (χ1) is 9.52. The minimum atomic E-state index is -0.416.